The molecule has 0 spiro atoms. The smallest absolute Gasteiger partial charge is 0.309 e. The SMILES string of the molecule is CCCCCC/C=C/CC[N+](CCC(=O)O)(CCC(=O)O)CCC(=O)O. The van der Waals surface area contributed by atoms with Gasteiger partial charge in [0.05, 0.1) is 45.4 Å². The first kappa shape index (κ1) is 24.1. The largest absolute Gasteiger partial charge is 0.481 e. The van der Waals surface area contributed by atoms with Crippen LogP contribution in [0.4, 0.5) is 0 Å². The monoisotopic (exact) mass is 372 g/mol. The highest BCUT2D eigenvalue weighted by molar-refractivity contribution is 5.67. The molecule has 150 valence electrons. The highest BCUT2D eigenvalue weighted by Gasteiger charge is 2.29. The van der Waals surface area contributed by atoms with E-state index in [1.54, 1.807) is 0 Å². The summed E-state index contributed by atoms with van der Waals surface area (Å²) in [4.78, 5) is 32.9. The average molecular weight is 372 g/mol. The quantitative estimate of drug-likeness (QED) is 0.205. The molecular weight excluding hydrogens is 338 g/mol. The Morgan fingerprint density at radius 2 is 1.15 bits per heavy atom. The van der Waals surface area contributed by atoms with Gasteiger partial charge < -0.3 is 19.8 Å². The van der Waals surface area contributed by atoms with Crippen molar-refractivity contribution >= 4 is 17.9 Å². The van der Waals surface area contributed by atoms with Crippen LogP contribution in [0.2, 0.25) is 0 Å². The van der Waals surface area contributed by atoms with Crippen LogP contribution in [0.25, 0.3) is 0 Å². The van der Waals surface area contributed by atoms with Gasteiger partial charge in [-0.15, -0.1) is 0 Å². The van der Waals surface area contributed by atoms with Crippen LogP contribution in [0.5, 0.6) is 0 Å². The molecule has 0 heterocycles. The van der Waals surface area contributed by atoms with Crippen LogP contribution in [-0.4, -0.2) is 63.9 Å². The number of unbranched alkanes of at least 4 members (excludes halogenated alkanes) is 4. The van der Waals surface area contributed by atoms with E-state index < -0.39 is 17.9 Å². The van der Waals surface area contributed by atoms with Gasteiger partial charge in [-0.3, -0.25) is 14.4 Å². The maximum absolute atomic E-state index is 11.0. The molecule has 0 fully saturated rings. The number of rotatable bonds is 17. The number of carboxylic acids is 3. The Hall–Kier alpha value is -1.89. The molecule has 0 atom stereocenters. The summed E-state index contributed by atoms with van der Waals surface area (Å²) in [5.74, 6) is -2.86. The van der Waals surface area contributed by atoms with E-state index in [2.05, 4.69) is 13.0 Å². The molecule has 0 rings (SSSR count). The minimum absolute atomic E-state index is 0.0973. The van der Waals surface area contributed by atoms with E-state index in [1.807, 2.05) is 6.08 Å². The Bertz CT molecular complexity index is 415. The summed E-state index contributed by atoms with van der Waals surface area (Å²) in [6.07, 6.45) is 10.3. The van der Waals surface area contributed by atoms with Crippen LogP contribution < -0.4 is 0 Å². The van der Waals surface area contributed by atoms with E-state index in [0.29, 0.717) is 13.0 Å². The average Bonchev–Trinajstić information content (AvgIpc) is 2.57. The van der Waals surface area contributed by atoms with Crippen LogP contribution in [0.3, 0.4) is 0 Å². The standard InChI is InChI=1S/C19H33NO6/c1-2-3-4-5-6-7-8-9-13-20(14-10-17(21)22,15-11-18(23)24)16-12-19(25)26/h7-8H,2-6,9-16H2,1H3,(H2-,21,22,23,24,25,26)/p+1/b8-7+. The van der Waals surface area contributed by atoms with Crippen molar-refractivity contribution in [2.24, 2.45) is 0 Å². The van der Waals surface area contributed by atoms with E-state index in [0.717, 1.165) is 12.8 Å². The van der Waals surface area contributed by atoms with Crippen molar-refractivity contribution in [3.63, 3.8) is 0 Å². The maximum atomic E-state index is 11.0. The van der Waals surface area contributed by atoms with Gasteiger partial charge in [-0.05, 0) is 12.8 Å². The van der Waals surface area contributed by atoms with E-state index in [1.165, 1.54) is 19.3 Å². The Morgan fingerprint density at radius 3 is 1.58 bits per heavy atom. The third-order valence-electron chi connectivity index (χ3n) is 4.56. The zero-order valence-corrected chi connectivity index (χ0v) is 15.9. The van der Waals surface area contributed by atoms with Crippen LogP contribution in [0, 0.1) is 0 Å². The minimum Gasteiger partial charge on any atom is -0.481 e. The van der Waals surface area contributed by atoms with Gasteiger partial charge in [0.25, 0.3) is 0 Å². The summed E-state index contributed by atoms with van der Waals surface area (Å²) < 4.78 is 0.213. The number of nitrogens with zero attached hydrogens (tertiary/aromatic N) is 1. The molecule has 0 aliphatic rings. The molecule has 0 saturated carbocycles. The number of carbonyl (C=O) groups is 3. The number of hydrogen-bond donors (Lipinski definition) is 3. The second-order valence-corrected chi connectivity index (χ2v) is 6.78. The van der Waals surface area contributed by atoms with Gasteiger partial charge in [0.1, 0.15) is 0 Å². The first-order valence-electron chi connectivity index (χ1n) is 9.47. The lowest BCUT2D eigenvalue weighted by atomic mass is 10.1. The summed E-state index contributed by atoms with van der Waals surface area (Å²) in [6, 6.07) is 0. The number of aliphatic carboxylic acids is 3. The minimum atomic E-state index is -0.954. The second-order valence-electron chi connectivity index (χ2n) is 6.78. The van der Waals surface area contributed by atoms with Crippen LogP contribution in [0.15, 0.2) is 12.2 Å². The fourth-order valence-electron chi connectivity index (χ4n) is 2.94. The zero-order valence-electron chi connectivity index (χ0n) is 15.9. The van der Waals surface area contributed by atoms with Crippen molar-refractivity contribution in [3.8, 4) is 0 Å². The molecule has 0 bridgehead atoms. The summed E-state index contributed by atoms with van der Waals surface area (Å²) in [5, 5.41) is 27.0. The molecule has 0 aromatic heterocycles. The van der Waals surface area contributed by atoms with Crippen LogP contribution >= 0.6 is 0 Å². The van der Waals surface area contributed by atoms with Gasteiger partial charge in [0.2, 0.25) is 0 Å². The molecule has 7 nitrogen and oxygen atoms in total. The molecule has 0 unspecified atom stereocenters. The van der Waals surface area contributed by atoms with Gasteiger partial charge in [0.15, 0.2) is 0 Å². The first-order valence-corrected chi connectivity index (χ1v) is 9.47. The number of hydrogen-bond acceptors (Lipinski definition) is 3. The molecule has 0 aromatic rings. The summed E-state index contributed by atoms with van der Waals surface area (Å²) in [5.41, 5.74) is 0. The highest BCUT2D eigenvalue weighted by Crippen LogP contribution is 2.14. The lowest BCUT2D eigenvalue weighted by Crippen LogP contribution is -2.52. The van der Waals surface area contributed by atoms with E-state index in [9.17, 15) is 14.4 Å². The maximum Gasteiger partial charge on any atom is 0.309 e. The third-order valence-corrected chi connectivity index (χ3v) is 4.56. The van der Waals surface area contributed by atoms with Crippen LogP contribution in [0.1, 0.15) is 64.7 Å². The van der Waals surface area contributed by atoms with Gasteiger partial charge >= 0.3 is 17.9 Å². The molecule has 0 amide bonds. The first-order chi connectivity index (χ1) is 12.3. The van der Waals surface area contributed by atoms with Gasteiger partial charge in [-0.2, -0.15) is 0 Å². The Balaban J connectivity index is 4.76. The van der Waals surface area contributed by atoms with Crippen molar-refractivity contribution in [1.29, 1.82) is 0 Å². The number of allylic oxidation sites excluding steroid dienone is 1. The number of carboxylic acid groups (broad SMARTS) is 3. The Labute approximate surface area is 155 Å². The van der Waals surface area contributed by atoms with Gasteiger partial charge in [0, 0.05) is 6.42 Å². The van der Waals surface area contributed by atoms with Crippen molar-refractivity contribution in [1.82, 2.24) is 0 Å². The number of quaternary nitrogens is 1. The van der Waals surface area contributed by atoms with Crippen molar-refractivity contribution in [2.45, 2.75) is 64.7 Å². The summed E-state index contributed by atoms with van der Waals surface area (Å²) in [7, 11) is 0. The van der Waals surface area contributed by atoms with E-state index in [-0.39, 0.29) is 43.4 Å². The van der Waals surface area contributed by atoms with Crippen molar-refractivity contribution in [2.75, 3.05) is 26.2 Å². The summed E-state index contributed by atoms with van der Waals surface area (Å²) in [6.45, 7) is 3.47. The Kier molecular flexibility index (Phi) is 13.3. The Morgan fingerprint density at radius 1 is 0.692 bits per heavy atom. The lowest BCUT2D eigenvalue weighted by molar-refractivity contribution is -0.926. The molecule has 0 aliphatic heterocycles. The van der Waals surface area contributed by atoms with E-state index in [4.69, 9.17) is 15.3 Å². The fourth-order valence-corrected chi connectivity index (χ4v) is 2.94. The van der Waals surface area contributed by atoms with Crippen molar-refractivity contribution < 1.29 is 34.2 Å². The molecule has 7 heteroatoms. The van der Waals surface area contributed by atoms with E-state index >= 15 is 0 Å². The van der Waals surface area contributed by atoms with Crippen LogP contribution in [-0.2, 0) is 14.4 Å². The van der Waals surface area contributed by atoms with Crippen molar-refractivity contribution in [3.05, 3.63) is 12.2 Å². The molecule has 26 heavy (non-hydrogen) atoms. The molecular formula is C19H34NO6+. The zero-order chi connectivity index (χ0) is 19.8. The molecule has 0 aromatic carbocycles. The summed E-state index contributed by atoms with van der Waals surface area (Å²) >= 11 is 0. The predicted octanol–water partition coefficient (Wildman–Crippen LogP) is 3.14. The molecule has 0 aliphatic carbocycles. The highest BCUT2D eigenvalue weighted by atomic mass is 16.4. The second kappa shape index (κ2) is 14.3. The topological polar surface area (TPSA) is 112 Å². The third kappa shape index (κ3) is 13.4. The van der Waals surface area contributed by atoms with Gasteiger partial charge in [-0.25, -0.2) is 0 Å². The fraction of sp³-hybridized carbons (Fsp3) is 0.737. The molecule has 3 N–H and O–H groups in total. The predicted molar refractivity (Wildman–Crippen MR) is 99.0 cm³/mol. The molecule has 0 radical (unpaired) electrons. The molecule has 0 saturated heterocycles. The van der Waals surface area contributed by atoms with Gasteiger partial charge in [-0.1, -0.05) is 38.3 Å². The lowest BCUT2D eigenvalue weighted by Gasteiger charge is -2.37. The normalized spacial score (nSPS) is 11.7.